The van der Waals surface area contributed by atoms with E-state index in [2.05, 4.69) is 22.3 Å². The van der Waals surface area contributed by atoms with Crippen molar-refractivity contribution in [1.29, 1.82) is 0 Å². The van der Waals surface area contributed by atoms with E-state index in [1.807, 2.05) is 78.9 Å². The zero-order valence-corrected chi connectivity index (χ0v) is 22.7. The number of carbonyl (C=O) groups excluding carboxylic acids is 3. The van der Waals surface area contributed by atoms with Gasteiger partial charge in [0.1, 0.15) is 6.04 Å². The lowest BCUT2D eigenvalue weighted by Crippen LogP contribution is -2.65. The van der Waals surface area contributed by atoms with Crippen molar-refractivity contribution in [2.24, 2.45) is 5.41 Å². The average Bonchev–Trinajstić information content (AvgIpc) is 3.47. The number of rotatable bonds is 6. The maximum atomic E-state index is 14.3. The summed E-state index contributed by atoms with van der Waals surface area (Å²) in [7, 11) is 1.38. The molecule has 0 saturated carbocycles. The minimum Gasteiger partial charge on any atom is -0.467 e. The van der Waals surface area contributed by atoms with Crippen LogP contribution in [-0.4, -0.2) is 66.4 Å². The zero-order chi connectivity index (χ0) is 27.7. The van der Waals surface area contributed by atoms with Gasteiger partial charge in [0.05, 0.1) is 24.5 Å². The van der Waals surface area contributed by atoms with E-state index in [0.717, 1.165) is 42.6 Å². The molecule has 3 aliphatic rings. The van der Waals surface area contributed by atoms with Crippen LogP contribution in [0.4, 0.5) is 0 Å². The fourth-order valence-corrected chi connectivity index (χ4v) is 6.93. The predicted octanol–water partition coefficient (Wildman–Crippen LogP) is 3.91. The lowest BCUT2D eigenvalue weighted by Gasteiger charge is -2.53. The summed E-state index contributed by atoms with van der Waals surface area (Å²) < 4.78 is 5.17. The van der Waals surface area contributed by atoms with Gasteiger partial charge in [0, 0.05) is 12.6 Å². The molecule has 3 fully saturated rings. The summed E-state index contributed by atoms with van der Waals surface area (Å²) in [5.74, 6) is -0.855. The van der Waals surface area contributed by atoms with Crippen molar-refractivity contribution in [2.75, 3.05) is 26.7 Å². The Morgan fingerprint density at radius 1 is 0.875 bits per heavy atom. The Labute approximate surface area is 235 Å². The molecule has 1 spiro atoms. The Hall–Kier alpha value is -3.97. The number of benzene rings is 3. The quantitative estimate of drug-likeness (QED) is 0.381. The van der Waals surface area contributed by atoms with Crippen molar-refractivity contribution in [3.05, 3.63) is 108 Å². The van der Waals surface area contributed by atoms with Crippen LogP contribution in [0.5, 0.6) is 0 Å². The van der Waals surface area contributed by atoms with Crippen molar-refractivity contribution in [3.63, 3.8) is 0 Å². The smallest absolute Gasteiger partial charge is 0.328 e. The molecule has 0 radical (unpaired) electrons. The highest BCUT2D eigenvalue weighted by atomic mass is 16.5. The van der Waals surface area contributed by atoms with Gasteiger partial charge in [0.15, 0.2) is 0 Å². The molecule has 3 heterocycles. The van der Waals surface area contributed by atoms with E-state index in [0.29, 0.717) is 13.0 Å². The molecule has 2 amide bonds. The van der Waals surface area contributed by atoms with E-state index >= 15 is 0 Å². The average molecular weight is 538 g/mol. The van der Waals surface area contributed by atoms with Crippen LogP contribution < -0.4 is 5.32 Å². The molecule has 0 aliphatic carbocycles. The van der Waals surface area contributed by atoms with Crippen LogP contribution in [0.1, 0.15) is 47.9 Å². The molecule has 7 heteroatoms. The minimum atomic E-state index is -0.641. The van der Waals surface area contributed by atoms with Gasteiger partial charge in [-0.05, 0) is 49.0 Å². The van der Waals surface area contributed by atoms with Gasteiger partial charge in [0.2, 0.25) is 11.8 Å². The van der Waals surface area contributed by atoms with Gasteiger partial charge in [-0.3, -0.25) is 14.5 Å². The third-order valence-corrected chi connectivity index (χ3v) is 9.17. The third kappa shape index (κ3) is 4.58. The molecule has 7 nitrogen and oxygen atoms in total. The fourth-order valence-electron chi connectivity index (χ4n) is 6.93. The molecule has 3 unspecified atom stereocenters. The maximum absolute atomic E-state index is 14.3. The highest BCUT2D eigenvalue weighted by Crippen LogP contribution is 2.50. The second-order valence-electron chi connectivity index (χ2n) is 11.2. The second-order valence-corrected chi connectivity index (χ2v) is 11.2. The number of esters is 1. The lowest BCUT2D eigenvalue weighted by atomic mass is 9.64. The number of carbonyl (C=O) groups is 3. The van der Waals surface area contributed by atoms with Crippen molar-refractivity contribution in [2.45, 2.75) is 43.3 Å². The summed E-state index contributed by atoms with van der Waals surface area (Å²) in [4.78, 5) is 44.2. The standard InChI is InChI=1S/C33H35N3O4/c1-40-31(38)27-21-26(35-19-17-33(18-20-35)29(34-32(33)39)25-15-9-4-10-16-25)22-36(27)30(37)28(23-11-5-2-6-12-23)24-13-7-3-8-14-24/h2-16,26-29H,17-22H2,1H3,(H,34,39). The number of likely N-dealkylation sites (tertiary alicyclic amines) is 2. The van der Waals surface area contributed by atoms with Crippen molar-refractivity contribution >= 4 is 17.8 Å². The van der Waals surface area contributed by atoms with E-state index < -0.39 is 12.0 Å². The molecule has 40 heavy (non-hydrogen) atoms. The second kappa shape index (κ2) is 10.9. The van der Waals surface area contributed by atoms with Gasteiger partial charge in [0.25, 0.3) is 0 Å². The number of piperidine rings is 1. The monoisotopic (exact) mass is 537 g/mol. The molecule has 0 bridgehead atoms. The Morgan fingerprint density at radius 2 is 1.43 bits per heavy atom. The third-order valence-electron chi connectivity index (χ3n) is 9.17. The normalized spacial score (nSPS) is 24.0. The first kappa shape index (κ1) is 26.3. The largest absolute Gasteiger partial charge is 0.467 e. The van der Waals surface area contributed by atoms with Crippen LogP contribution in [0.3, 0.4) is 0 Å². The first-order valence-corrected chi connectivity index (χ1v) is 14.1. The van der Waals surface area contributed by atoms with Crippen molar-refractivity contribution < 1.29 is 19.1 Å². The van der Waals surface area contributed by atoms with Crippen LogP contribution in [-0.2, 0) is 19.1 Å². The van der Waals surface area contributed by atoms with Gasteiger partial charge >= 0.3 is 5.97 Å². The van der Waals surface area contributed by atoms with Crippen LogP contribution in [0.15, 0.2) is 91.0 Å². The lowest BCUT2D eigenvalue weighted by molar-refractivity contribution is -0.152. The number of hydrogen-bond donors (Lipinski definition) is 1. The number of β-lactam (4-membered cyclic amide) rings is 1. The van der Waals surface area contributed by atoms with Crippen molar-refractivity contribution in [1.82, 2.24) is 15.1 Å². The first-order chi connectivity index (χ1) is 19.5. The van der Waals surface area contributed by atoms with E-state index in [9.17, 15) is 14.4 Å². The van der Waals surface area contributed by atoms with Gasteiger partial charge in [-0.2, -0.15) is 0 Å². The number of amides is 2. The highest BCUT2D eigenvalue weighted by Gasteiger charge is 2.57. The van der Waals surface area contributed by atoms with Crippen LogP contribution in [0, 0.1) is 5.41 Å². The number of ether oxygens (including phenoxy) is 1. The molecule has 3 aromatic rings. The highest BCUT2D eigenvalue weighted by molar-refractivity contribution is 5.92. The summed E-state index contributed by atoms with van der Waals surface area (Å²) in [5.41, 5.74) is 2.55. The number of methoxy groups -OCH3 is 1. The molecular formula is C33H35N3O4. The summed E-state index contributed by atoms with van der Waals surface area (Å²) in [6, 6.07) is 29.1. The van der Waals surface area contributed by atoms with Gasteiger partial charge in [-0.15, -0.1) is 0 Å². The van der Waals surface area contributed by atoms with Crippen molar-refractivity contribution in [3.8, 4) is 0 Å². The minimum absolute atomic E-state index is 0.0240. The summed E-state index contributed by atoms with van der Waals surface area (Å²) >= 11 is 0. The topological polar surface area (TPSA) is 79.0 Å². The van der Waals surface area contributed by atoms with Crippen LogP contribution in [0.25, 0.3) is 0 Å². The van der Waals surface area contributed by atoms with E-state index in [1.54, 1.807) is 4.90 Å². The Balaban J connectivity index is 1.22. The molecule has 1 N–H and O–H groups in total. The predicted molar refractivity (Wildman–Crippen MR) is 151 cm³/mol. The molecule has 0 aromatic heterocycles. The SMILES string of the molecule is COC(=O)C1CC(N2CCC3(CC2)C(=O)NC3c2ccccc2)CN1C(=O)C(c1ccccc1)c1ccccc1. The van der Waals surface area contributed by atoms with E-state index in [4.69, 9.17) is 4.74 Å². The number of nitrogens with zero attached hydrogens (tertiary/aromatic N) is 2. The van der Waals surface area contributed by atoms with Crippen LogP contribution in [0.2, 0.25) is 0 Å². The number of hydrogen-bond acceptors (Lipinski definition) is 5. The summed E-state index contributed by atoms with van der Waals surface area (Å²) in [6.45, 7) is 1.95. The molecule has 3 aromatic carbocycles. The van der Waals surface area contributed by atoms with Gasteiger partial charge in [-0.1, -0.05) is 91.0 Å². The Kier molecular flexibility index (Phi) is 7.15. The molecule has 206 valence electrons. The maximum Gasteiger partial charge on any atom is 0.328 e. The first-order valence-electron chi connectivity index (χ1n) is 14.1. The van der Waals surface area contributed by atoms with E-state index in [-0.39, 0.29) is 35.3 Å². The molecular weight excluding hydrogens is 502 g/mol. The van der Waals surface area contributed by atoms with E-state index in [1.165, 1.54) is 7.11 Å². The molecule has 6 rings (SSSR count). The molecule has 3 saturated heterocycles. The Bertz CT molecular complexity index is 1320. The fraction of sp³-hybridized carbons (Fsp3) is 0.364. The number of nitrogens with one attached hydrogen (secondary N) is 1. The zero-order valence-electron chi connectivity index (χ0n) is 22.7. The molecule has 3 aliphatic heterocycles. The van der Waals surface area contributed by atoms with Gasteiger partial charge in [-0.25, -0.2) is 4.79 Å². The Morgan fingerprint density at radius 3 is 1.95 bits per heavy atom. The molecule has 3 atom stereocenters. The summed E-state index contributed by atoms with van der Waals surface area (Å²) in [6.07, 6.45) is 2.03. The van der Waals surface area contributed by atoms with Gasteiger partial charge < -0.3 is 15.0 Å². The summed E-state index contributed by atoms with van der Waals surface area (Å²) in [5, 5.41) is 3.13. The van der Waals surface area contributed by atoms with Crippen LogP contribution >= 0.6 is 0 Å².